The Kier molecular flexibility index (Phi) is 7.35. The Labute approximate surface area is 132 Å². The Balaban J connectivity index is 2.53. The summed E-state index contributed by atoms with van der Waals surface area (Å²) in [6.07, 6.45) is 0.898. The van der Waals surface area contributed by atoms with Gasteiger partial charge in [0.15, 0.2) is 0 Å². The molecule has 0 unspecified atom stereocenters. The Hall–Kier alpha value is -0.910. The third-order valence-electron chi connectivity index (χ3n) is 2.95. The van der Waals surface area contributed by atoms with Gasteiger partial charge in [0.2, 0.25) is 0 Å². The molecule has 6 heteroatoms. The van der Waals surface area contributed by atoms with Crippen molar-refractivity contribution in [3.8, 4) is 0 Å². The maximum absolute atomic E-state index is 6.19. The van der Waals surface area contributed by atoms with Crippen molar-refractivity contribution in [2.75, 3.05) is 38.8 Å². The van der Waals surface area contributed by atoms with E-state index < -0.39 is 0 Å². The van der Waals surface area contributed by atoms with E-state index >= 15 is 0 Å². The van der Waals surface area contributed by atoms with E-state index in [4.69, 9.17) is 21.1 Å². The molecule has 0 saturated carbocycles. The Morgan fingerprint density at radius 3 is 2.48 bits per heavy atom. The van der Waals surface area contributed by atoms with Crippen LogP contribution < -0.4 is 5.32 Å². The summed E-state index contributed by atoms with van der Waals surface area (Å²) in [5.41, 5.74) is 0.752. The first-order chi connectivity index (χ1) is 9.86. The number of nitrogens with one attached hydrogen (secondary N) is 1. The summed E-state index contributed by atoms with van der Waals surface area (Å²) in [5.74, 6) is 1.55. The predicted molar refractivity (Wildman–Crippen MR) is 86.3 cm³/mol. The lowest BCUT2D eigenvalue weighted by Gasteiger charge is -2.19. The van der Waals surface area contributed by atoms with Crippen molar-refractivity contribution in [1.29, 1.82) is 0 Å². The van der Waals surface area contributed by atoms with Crippen molar-refractivity contribution in [3.05, 3.63) is 16.5 Å². The molecule has 0 aliphatic carbocycles. The summed E-state index contributed by atoms with van der Waals surface area (Å²) < 4.78 is 10.3. The van der Waals surface area contributed by atoms with E-state index in [9.17, 15) is 0 Å². The lowest BCUT2D eigenvalue weighted by molar-refractivity contribution is 0.0705. The molecule has 0 aromatic carbocycles. The molecule has 5 nitrogen and oxygen atoms in total. The summed E-state index contributed by atoms with van der Waals surface area (Å²) in [6.45, 7) is 10.9. The molecule has 0 spiro atoms. The molecule has 0 radical (unpaired) electrons. The third kappa shape index (κ3) is 6.16. The van der Waals surface area contributed by atoms with Gasteiger partial charge in [-0.1, -0.05) is 32.4 Å². The first-order valence-corrected chi connectivity index (χ1v) is 7.59. The standard InChI is InChI=1S/C15H26ClN3O2/c1-11-12(16)18-14(15(2,3)4)19-13(11)17-7-6-8-21-10-9-20-5/h6-10H2,1-5H3,(H,17,18,19). The summed E-state index contributed by atoms with van der Waals surface area (Å²) in [7, 11) is 1.67. The topological polar surface area (TPSA) is 56.3 Å². The summed E-state index contributed by atoms with van der Waals surface area (Å²) in [5, 5.41) is 3.82. The highest BCUT2D eigenvalue weighted by atomic mass is 35.5. The Bertz CT molecular complexity index is 447. The third-order valence-corrected chi connectivity index (χ3v) is 3.31. The van der Waals surface area contributed by atoms with Gasteiger partial charge in [-0.05, 0) is 13.3 Å². The smallest absolute Gasteiger partial charge is 0.137 e. The highest BCUT2D eigenvalue weighted by Crippen LogP contribution is 2.25. The maximum atomic E-state index is 6.19. The minimum absolute atomic E-state index is 0.128. The molecule has 120 valence electrons. The van der Waals surface area contributed by atoms with Crippen LogP contribution in [0.2, 0.25) is 5.15 Å². The van der Waals surface area contributed by atoms with E-state index in [2.05, 4.69) is 36.1 Å². The number of ether oxygens (including phenoxy) is 2. The molecule has 1 aromatic heterocycles. The Morgan fingerprint density at radius 1 is 1.14 bits per heavy atom. The fourth-order valence-corrected chi connectivity index (χ4v) is 1.79. The second kappa shape index (κ2) is 8.51. The first kappa shape index (κ1) is 18.1. The number of hydrogen-bond acceptors (Lipinski definition) is 5. The fourth-order valence-electron chi connectivity index (χ4n) is 1.62. The van der Waals surface area contributed by atoms with Gasteiger partial charge in [-0.25, -0.2) is 9.97 Å². The molecule has 21 heavy (non-hydrogen) atoms. The van der Waals surface area contributed by atoms with Gasteiger partial charge in [0.25, 0.3) is 0 Å². The first-order valence-electron chi connectivity index (χ1n) is 7.21. The van der Waals surface area contributed by atoms with Crippen LogP contribution in [0.15, 0.2) is 0 Å². The Morgan fingerprint density at radius 2 is 1.86 bits per heavy atom. The predicted octanol–water partition coefficient (Wildman–Crippen LogP) is 3.20. The van der Waals surface area contributed by atoms with Crippen molar-refractivity contribution in [2.45, 2.75) is 39.5 Å². The lowest BCUT2D eigenvalue weighted by atomic mass is 9.95. The number of methoxy groups -OCH3 is 1. The van der Waals surface area contributed by atoms with Gasteiger partial charge < -0.3 is 14.8 Å². The van der Waals surface area contributed by atoms with Gasteiger partial charge in [0.05, 0.1) is 13.2 Å². The minimum Gasteiger partial charge on any atom is -0.382 e. The van der Waals surface area contributed by atoms with E-state index in [-0.39, 0.29) is 5.41 Å². The zero-order valence-electron chi connectivity index (χ0n) is 13.6. The van der Waals surface area contributed by atoms with E-state index in [1.807, 2.05) is 6.92 Å². The van der Waals surface area contributed by atoms with Crippen molar-refractivity contribution in [3.63, 3.8) is 0 Å². The van der Waals surface area contributed by atoms with Crippen molar-refractivity contribution in [2.24, 2.45) is 0 Å². The number of nitrogens with zero attached hydrogens (tertiary/aromatic N) is 2. The molecule has 0 aliphatic heterocycles. The fraction of sp³-hybridized carbons (Fsp3) is 0.733. The van der Waals surface area contributed by atoms with Gasteiger partial charge in [-0.2, -0.15) is 0 Å². The summed E-state index contributed by atoms with van der Waals surface area (Å²) >= 11 is 6.19. The highest BCUT2D eigenvalue weighted by Gasteiger charge is 2.20. The molecule has 0 saturated heterocycles. The van der Waals surface area contributed by atoms with Gasteiger partial charge in [0, 0.05) is 31.2 Å². The monoisotopic (exact) mass is 315 g/mol. The van der Waals surface area contributed by atoms with Crippen LogP contribution in [0.4, 0.5) is 5.82 Å². The molecule has 0 amide bonds. The summed E-state index contributed by atoms with van der Waals surface area (Å²) in [6, 6.07) is 0. The molecular formula is C15H26ClN3O2. The highest BCUT2D eigenvalue weighted by molar-refractivity contribution is 6.30. The molecule has 0 atom stereocenters. The SMILES string of the molecule is COCCOCCCNc1nc(C(C)(C)C)nc(Cl)c1C. The zero-order chi connectivity index (χ0) is 15.9. The van der Waals surface area contributed by atoms with Crippen molar-refractivity contribution >= 4 is 17.4 Å². The van der Waals surface area contributed by atoms with Crippen LogP contribution >= 0.6 is 11.6 Å². The molecular weight excluding hydrogens is 290 g/mol. The maximum Gasteiger partial charge on any atom is 0.137 e. The molecule has 1 rings (SSSR count). The van der Waals surface area contributed by atoms with Crippen LogP contribution in [-0.4, -0.2) is 43.4 Å². The van der Waals surface area contributed by atoms with Gasteiger partial charge >= 0.3 is 0 Å². The summed E-state index contributed by atoms with van der Waals surface area (Å²) in [4.78, 5) is 8.94. The lowest BCUT2D eigenvalue weighted by Crippen LogP contribution is -2.19. The minimum atomic E-state index is -0.128. The molecule has 0 bridgehead atoms. The molecule has 0 fully saturated rings. The second-order valence-electron chi connectivity index (χ2n) is 5.95. The average molecular weight is 316 g/mol. The number of aromatic nitrogens is 2. The van der Waals surface area contributed by atoms with Crippen LogP contribution in [-0.2, 0) is 14.9 Å². The molecule has 1 N–H and O–H groups in total. The van der Waals surface area contributed by atoms with Gasteiger partial charge in [0.1, 0.15) is 16.8 Å². The van der Waals surface area contributed by atoms with Crippen LogP contribution in [0.25, 0.3) is 0 Å². The van der Waals surface area contributed by atoms with E-state index in [0.29, 0.717) is 25.0 Å². The van der Waals surface area contributed by atoms with Gasteiger partial charge in [-0.3, -0.25) is 0 Å². The second-order valence-corrected chi connectivity index (χ2v) is 6.31. The largest absolute Gasteiger partial charge is 0.382 e. The molecule has 1 aromatic rings. The average Bonchev–Trinajstić information content (AvgIpc) is 2.41. The van der Waals surface area contributed by atoms with E-state index in [1.165, 1.54) is 0 Å². The number of hydrogen-bond donors (Lipinski definition) is 1. The van der Waals surface area contributed by atoms with Crippen LogP contribution in [0.3, 0.4) is 0 Å². The van der Waals surface area contributed by atoms with Crippen molar-refractivity contribution in [1.82, 2.24) is 9.97 Å². The molecule has 0 aliphatic rings. The number of rotatable bonds is 8. The zero-order valence-corrected chi connectivity index (χ0v) is 14.4. The number of anilines is 1. The quantitative estimate of drug-likeness (QED) is 0.589. The van der Waals surface area contributed by atoms with Crippen molar-refractivity contribution < 1.29 is 9.47 Å². The van der Waals surface area contributed by atoms with Crippen LogP contribution in [0.5, 0.6) is 0 Å². The van der Waals surface area contributed by atoms with E-state index in [1.54, 1.807) is 7.11 Å². The van der Waals surface area contributed by atoms with Crippen LogP contribution in [0, 0.1) is 6.92 Å². The number of halogens is 1. The van der Waals surface area contributed by atoms with Gasteiger partial charge in [-0.15, -0.1) is 0 Å². The van der Waals surface area contributed by atoms with E-state index in [0.717, 1.165) is 30.2 Å². The molecule has 1 heterocycles. The normalized spacial score (nSPS) is 11.7. The van der Waals surface area contributed by atoms with Crippen LogP contribution in [0.1, 0.15) is 38.6 Å².